The highest BCUT2D eigenvalue weighted by Gasteiger charge is 2.53. The summed E-state index contributed by atoms with van der Waals surface area (Å²) in [6.07, 6.45) is 2.56. The second-order valence-corrected chi connectivity index (χ2v) is 12.0. The van der Waals surface area contributed by atoms with Crippen LogP contribution in [0.3, 0.4) is 0 Å². The zero-order chi connectivity index (χ0) is 17.4. The molecule has 0 aromatic heterocycles. The molecule has 2 aromatic carbocycles. The van der Waals surface area contributed by atoms with Crippen molar-refractivity contribution in [2.75, 3.05) is 0 Å². The van der Waals surface area contributed by atoms with E-state index < -0.39 is 8.07 Å². The molecule has 0 saturated carbocycles. The Kier molecular flexibility index (Phi) is 4.40. The van der Waals surface area contributed by atoms with E-state index in [1.807, 2.05) is 0 Å². The van der Waals surface area contributed by atoms with Crippen molar-refractivity contribution >= 4 is 18.4 Å². The molecule has 0 N–H and O–H groups in total. The third kappa shape index (κ3) is 2.26. The van der Waals surface area contributed by atoms with Crippen LogP contribution in [0.15, 0.2) is 83.5 Å². The van der Waals surface area contributed by atoms with Gasteiger partial charge in [-0.05, 0) is 26.3 Å². The van der Waals surface area contributed by atoms with E-state index in [0.29, 0.717) is 0 Å². The van der Waals surface area contributed by atoms with Crippen molar-refractivity contribution < 1.29 is 0 Å². The number of benzene rings is 2. The molecule has 0 amide bonds. The van der Waals surface area contributed by atoms with Crippen LogP contribution < -0.4 is 10.4 Å². The van der Waals surface area contributed by atoms with E-state index in [4.69, 9.17) is 0 Å². The van der Waals surface area contributed by atoms with E-state index in [-0.39, 0.29) is 5.04 Å². The molecular formula is C23H28Si. The predicted molar refractivity (Wildman–Crippen MR) is 109 cm³/mol. The molecule has 0 radical (unpaired) electrons. The second-order valence-electron chi connectivity index (χ2n) is 7.27. The van der Waals surface area contributed by atoms with Crippen LogP contribution in [-0.2, 0) is 0 Å². The van der Waals surface area contributed by atoms with E-state index in [2.05, 4.69) is 101 Å². The van der Waals surface area contributed by atoms with Crippen LogP contribution in [0.4, 0.5) is 0 Å². The van der Waals surface area contributed by atoms with Gasteiger partial charge in [-0.15, -0.1) is 0 Å². The Balaban J connectivity index is 2.37. The third-order valence-electron chi connectivity index (χ3n) is 6.39. The van der Waals surface area contributed by atoms with Gasteiger partial charge in [0, 0.05) is 5.04 Å². The molecule has 0 bridgehead atoms. The highest BCUT2D eigenvalue weighted by molar-refractivity contribution is 7.05. The molecule has 1 atom stereocenters. The Labute approximate surface area is 147 Å². The van der Waals surface area contributed by atoms with Crippen LogP contribution in [-0.4, -0.2) is 8.07 Å². The van der Waals surface area contributed by atoms with Crippen LogP contribution >= 0.6 is 0 Å². The van der Waals surface area contributed by atoms with Gasteiger partial charge in [-0.2, -0.15) is 0 Å². The summed E-state index contributed by atoms with van der Waals surface area (Å²) in [7, 11) is -1.99. The molecular weight excluding hydrogens is 304 g/mol. The van der Waals surface area contributed by atoms with E-state index >= 15 is 0 Å². The van der Waals surface area contributed by atoms with Gasteiger partial charge in [-0.25, -0.2) is 0 Å². The normalized spacial score (nSPS) is 21.1. The summed E-state index contributed by atoms with van der Waals surface area (Å²) in [6.45, 7) is 11.8. The summed E-state index contributed by atoms with van der Waals surface area (Å²) in [5.74, 6) is 0. The molecule has 1 aliphatic carbocycles. The minimum atomic E-state index is -1.99. The third-order valence-corrected chi connectivity index (χ3v) is 12.4. The smallest absolute Gasteiger partial charge is 0.0733 e. The van der Waals surface area contributed by atoms with Crippen molar-refractivity contribution in [1.82, 2.24) is 0 Å². The molecule has 3 rings (SSSR count). The van der Waals surface area contributed by atoms with Crippen LogP contribution in [0, 0.1) is 0 Å². The monoisotopic (exact) mass is 332 g/mol. The van der Waals surface area contributed by atoms with Crippen molar-refractivity contribution in [3.8, 4) is 0 Å². The van der Waals surface area contributed by atoms with Crippen molar-refractivity contribution in [2.24, 2.45) is 0 Å². The molecule has 24 heavy (non-hydrogen) atoms. The maximum absolute atomic E-state index is 2.56. The molecule has 124 valence electrons. The van der Waals surface area contributed by atoms with Gasteiger partial charge in [0.2, 0.25) is 0 Å². The summed E-state index contributed by atoms with van der Waals surface area (Å²) < 4.78 is 0. The van der Waals surface area contributed by atoms with Crippen LogP contribution in [0.25, 0.3) is 0 Å². The topological polar surface area (TPSA) is 0 Å². The molecule has 0 fully saturated rings. The van der Waals surface area contributed by atoms with Crippen LogP contribution in [0.2, 0.25) is 11.1 Å². The first kappa shape index (κ1) is 17.0. The van der Waals surface area contributed by atoms with E-state index in [9.17, 15) is 0 Å². The number of hydrogen-bond acceptors (Lipinski definition) is 0. The fourth-order valence-electron chi connectivity index (χ4n) is 4.77. The minimum Gasteiger partial charge on any atom is -0.0733 e. The number of hydrogen-bond donors (Lipinski definition) is 0. The average molecular weight is 333 g/mol. The van der Waals surface area contributed by atoms with Gasteiger partial charge in [0.05, 0.1) is 0 Å². The summed E-state index contributed by atoms with van der Waals surface area (Å²) >= 11 is 0. The Morgan fingerprint density at radius 2 is 1.25 bits per heavy atom. The van der Waals surface area contributed by atoms with E-state index in [0.717, 1.165) is 0 Å². The first-order valence-corrected chi connectivity index (χ1v) is 11.2. The quantitative estimate of drug-likeness (QED) is 0.664. The number of allylic oxidation sites excluding steroid dienone is 4. The molecule has 2 aromatic rings. The maximum atomic E-state index is 2.56. The Bertz CT molecular complexity index is 744. The fraction of sp³-hybridized carbons (Fsp3) is 0.304. The highest BCUT2D eigenvalue weighted by atomic mass is 28.3. The predicted octanol–water partition coefficient (Wildman–Crippen LogP) is 5.33. The number of rotatable bonds is 4. The lowest BCUT2D eigenvalue weighted by Crippen LogP contribution is -2.64. The van der Waals surface area contributed by atoms with Crippen molar-refractivity contribution in [3.05, 3.63) is 83.5 Å². The molecule has 0 nitrogen and oxygen atoms in total. The van der Waals surface area contributed by atoms with Gasteiger partial charge in [0.1, 0.15) is 8.07 Å². The zero-order valence-corrected chi connectivity index (χ0v) is 16.6. The van der Waals surface area contributed by atoms with Crippen LogP contribution in [0.5, 0.6) is 0 Å². The minimum absolute atomic E-state index is 0.124. The van der Waals surface area contributed by atoms with Gasteiger partial charge >= 0.3 is 0 Å². The first-order chi connectivity index (χ1) is 11.5. The molecule has 0 aliphatic heterocycles. The zero-order valence-electron chi connectivity index (χ0n) is 15.6. The molecule has 0 spiro atoms. The lowest BCUT2D eigenvalue weighted by atomic mass is 10.0. The molecule has 1 heteroatoms. The van der Waals surface area contributed by atoms with Crippen LogP contribution in [0.1, 0.15) is 34.6 Å². The molecule has 1 aliphatic rings. The average Bonchev–Trinajstić information content (AvgIpc) is 2.82. The van der Waals surface area contributed by atoms with E-state index in [1.165, 1.54) is 17.2 Å². The SMILES string of the molecule is CC[Si](c1ccccc1)(c1ccccc1)C1(C)C=C(C)C(C)=C1C. The van der Waals surface area contributed by atoms with Gasteiger partial charge < -0.3 is 0 Å². The Morgan fingerprint density at radius 3 is 1.58 bits per heavy atom. The van der Waals surface area contributed by atoms with Gasteiger partial charge in [-0.1, -0.05) is 108 Å². The molecule has 0 saturated heterocycles. The highest BCUT2D eigenvalue weighted by Crippen LogP contribution is 2.53. The lowest BCUT2D eigenvalue weighted by molar-refractivity contribution is 0.854. The van der Waals surface area contributed by atoms with Crippen molar-refractivity contribution in [2.45, 2.75) is 45.7 Å². The molecule has 0 heterocycles. The fourth-order valence-corrected chi connectivity index (χ4v) is 10.7. The van der Waals surface area contributed by atoms with E-state index in [1.54, 1.807) is 15.9 Å². The summed E-state index contributed by atoms with van der Waals surface area (Å²) in [5, 5.41) is 3.21. The second kappa shape index (κ2) is 6.21. The van der Waals surface area contributed by atoms with Crippen molar-refractivity contribution in [3.63, 3.8) is 0 Å². The lowest BCUT2D eigenvalue weighted by Gasteiger charge is -2.46. The van der Waals surface area contributed by atoms with Gasteiger partial charge in [0.15, 0.2) is 0 Å². The first-order valence-electron chi connectivity index (χ1n) is 8.96. The van der Waals surface area contributed by atoms with Gasteiger partial charge in [0.25, 0.3) is 0 Å². The maximum Gasteiger partial charge on any atom is 0.131 e. The van der Waals surface area contributed by atoms with Crippen molar-refractivity contribution in [1.29, 1.82) is 0 Å². The van der Waals surface area contributed by atoms with Gasteiger partial charge in [-0.3, -0.25) is 0 Å². The molecule has 1 unspecified atom stereocenters. The summed E-state index contributed by atoms with van der Waals surface area (Å²) in [6, 6.07) is 23.7. The standard InChI is InChI=1S/C23H28Si/c1-6-24(21-13-9-7-10-14-21,22-15-11-8-12-16-22)23(5)17-18(2)19(3)20(23)4/h7-17H,6H2,1-5H3. The largest absolute Gasteiger partial charge is 0.131 e. The Morgan fingerprint density at radius 1 is 0.792 bits per heavy atom. The Hall–Kier alpha value is -1.86. The summed E-state index contributed by atoms with van der Waals surface area (Å²) in [5.41, 5.74) is 4.49. The summed E-state index contributed by atoms with van der Waals surface area (Å²) in [4.78, 5) is 0.